The van der Waals surface area contributed by atoms with Crippen LogP contribution in [-0.2, 0) is 4.79 Å². The Balaban J connectivity index is 2.11. The number of ether oxygens (including phenoxy) is 1. The minimum absolute atomic E-state index is 0.0684. The third-order valence-corrected chi connectivity index (χ3v) is 2.86. The van der Waals surface area contributed by atoms with Crippen molar-refractivity contribution >= 4 is 17.6 Å². The van der Waals surface area contributed by atoms with Crippen molar-refractivity contribution in [2.24, 2.45) is 0 Å². The first-order valence-corrected chi connectivity index (χ1v) is 5.70. The van der Waals surface area contributed by atoms with Crippen molar-refractivity contribution < 1.29 is 19.7 Å². The quantitative estimate of drug-likeness (QED) is 0.466. The van der Waals surface area contributed by atoms with Gasteiger partial charge in [-0.3, -0.25) is 0 Å². The Labute approximate surface area is 109 Å². The van der Waals surface area contributed by atoms with E-state index in [-0.39, 0.29) is 11.5 Å². The Bertz CT molecular complexity index is 701. The lowest BCUT2D eigenvalue weighted by Gasteiger charge is -1.98. The Hall–Kier alpha value is -2.75. The lowest BCUT2D eigenvalue weighted by atomic mass is 10.0. The molecule has 0 bridgehead atoms. The molecule has 0 aromatic heterocycles. The number of fused-ring (bicyclic) bond motifs is 1. The number of phenols is 2. The normalized spacial score (nSPS) is 15.4. The number of benzene rings is 2. The molecule has 0 aliphatic carbocycles. The molecule has 0 radical (unpaired) electrons. The zero-order chi connectivity index (χ0) is 13.4. The highest BCUT2D eigenvalue weighted by molar-refractivity contribution is 6.26. The average molecular weight is 254 g/mol. The minimum Gasteiger partial charge on any atom is -0.508 e. The fourth-order valence-electron chi connectivity index (χ4n) is 2.00. The van der Waals surface area contributed by atoms with Crippen LogP contribution in [0.2, 0.25) is 0 Å². The van der Waals surface area contributed by atoms with Crippen LogP contribution in [0.25, 0.3) is 11.6 Å². The molecule has 1 aliphatic heterocycles. The van der Waals surface area contributed by atoms with Crippen LogP contribution in [0.5, 0.6) is 17.2 Å². The zero-order valence-corrected chi connectivity index (χ0v) is 9.83. The molecule has 4 heteroatoms. The second-order valence-corrected chi connectivity index (χ2v) is 4.22. The summed E-state index contributed by atoms with van der Waals surface area (Å²) in [5.41, 5.74) is 1.59. The molecule has 0 unspecified atom stereocenters. The molecular formula is C15H10O4. The SMILES string of the molecule is O=C1Oc2ccc(O)cc2/C1=C/c1cccc(O)c1. The van der Waals surface area contributed by atoms with E-state index in [4.69, 9.17) is 4.74 Å². The van der Waals surface area contributed by atoms with Crippen molar-refractivity contribution in [3.63, 3.8) is 0 Å². The smallest absolute Gasteiger partial charge is 0.344 e. The first-order valence-electron chi connectivity index (χ1n) is 5.70. The second-order valence-electron chi connectivity index (χ2n) is 4.22. The van der Waals surface area contributed by atoms with Crippen LogP contribution < -0.4 is 4.74 Å². The van der Waals surface area contributed by atoms with Crippen LogP contribution in [0.4, 0.5) is 0 Å². The topological polar surface area (TPSA) is 66.8 Å². The van der Waals surface area contributed by atoms with Crippen molar-refractivity contribution in [3.05, 3.63) is 53.6 Å². The molecule has 1 aliphatic rings. The summed E-state index contributed by atoms with van der Waals surface area (Å²) < 4.78 is 5.10. The highest BCUT2D eigenvalue weighted by Gasteiger charge is 2.27. The summed E-state index contributed by atoms with van der Waals surface area (Å²) in [5.74, 6) is 0.147. The van der Waals surface area contributed by atoms with Gasteiger partial charge in [-0.25, -0.2) is 4.79 Å². The van der Waals surface area contributed by atoms with Gasteiger partial charge in [-0.1, -0.05) is 12.1 Å². The van der Waals surface area contributed by atoms with Gasteiger partial charge in [0, 0.05) is 5.56 Å². The number of carbonyl (C=O) groups excluding carboxylic acids is 1. The monoisotopic (exact) mass is 254 g/mol. The maximum absolute atomic E-state index is 11.8. The molecule has 0 saturated heterocycles. The van der Waals surface area contributed by atoms with Gasteiger partial charge in [0.2, 0.25) is 0 Å². The Morgan fingerprint density at radius 1 is 1.00 bits per heavy atom. The van der Waals surface area contributed by atoms with Gasteiger partial charge >= 0.3 is 5.97 Å². The van der Waals surface area contributed by atoms with E-state index < -0.39 is 5.97 Å². The van der Waals surface area contributed by atoms with Crippen molar-refractivity contribution in [2.75, 3.05) is 0 Å². The summed E-state index contributed by atoms with van der Waals surface area (Å²) in [7, 11) is 0. The summed E-state index contributed by atoms with van der Waals surface area (Å²) in [6.45, 7) is 0. The minimum atomic E-state index is -0.469. The summed E-state index contributed by atoms with van der Waals surface area (Å²) >= 11 is 0. The van der Waals surface area contributed by atoms with Crippen LogP contribution >= 0.6 is 0 Å². The Morgan fingerprint density at radius 3 is 2.58 bits per heavy atom. The second kappa shape index (κ2) is 4.17. The number of esters is 1. The van der Waals surface area contributed by atoms with Gasteiger partial charge in [-0.05, 0) is 42.0 Å². The lowest BCUT2D eigenvalue weighted by Crippen LogP contribution is -2.00. The van der Waals surface area contributed by atoms with E-state index in [9.17, 15) is 15.0 Å². The molecule has 0 atom stereocenters. The Morgan fingerprint density at radius 2 is 1.79 bits per heavy atom. The van der Waals surface area contributed by atoms with Gasteiger partial charge in [0.1, 0.15) is 17.2 Å². The molecular weight excluding hydrogens is 244 g/mol. The van der Waals surface area contributed by atoms with E-state index in [1.807, 2.05) is 0 Å². The maximum Gasteiger partial charge on any atom is 0.344 e. The van der Waals surface area contributed by atoms with Crippen molar-refractivity contribution in [3.8, 4) is 17.2 Å². The van der Waals surface area contributed by atoms with E-state index in [1.54, 1.807) is 36.4 Å². The standard InChI is InChI=1S/C15H10O4/c16-10-3-1-2-9(6-10)7-13-12-8-11(17)4-5-14(12)19-15(13)18/h1-8,16-17H/b13-7-. The number of carbonyl (C=O) groups is 1. The van der Waals surface area contributed by atoms with E-state index in [2.05, 4.69) is 0 Å². The van der Waals surface area contributed by atoms with Gasteiger partial charge in [-0.15, -0.1) is 0 Å². The molecule has 4 nitrogen and oxygen atoms in total. The van der Waals surface area contributed by atoms with E-state index >= 15 is 0 Å². The Kier molecular flexibility index (Phi) is 2.49. The number of aromatic hydroxyl groups is 2. The fraction of sp³-hybridized carbons (Fsp3) is 0. The van der Waals surface area contributed by atoms with Gasteiger partial charge in [0.25, 0.3) is 0 Å². The van der Waals surface area contributed by atoms with E-state index in [1.165, 1.54) is 12.1 Å². The average Bonchev–Trinajstić information content (AvgIpc) is 2.66. The van der Waals surface area contributed by atoms with Crippen LogP contribution in [0.1, 0.15) is 11.1 Å². The third kappa shape index (κ3) is 2.04. The van der Waals surface area contributed by atoms with Gasteiger partial charge in [0.05, 0.1) is 5.57 Å². The molecule has 0 amide bonds. The van der Waals surface area contributed by atoms with Crippen LogP contribution in [0.15, 0.2) is 42.5 Å². The number of hydrogen-bond acceptors (Lipinski definition) is 4. The van der Waals surface area contributed by atoms with E-state index in [0.717, 1.165) is 0 Å². The summed E-state index contributed by atoms with van der Waals surface area (Å²) in [4.78, 5) is 11.8. The van der Waals surface area contributed by atoms with Crippen LogP contribution in [-0.4, -0.2) is 16.2 Å². The molecule has 94 valence electrons. The predicted molar refractivity (Wildman–Crippen MR) is 69.7 cm³/mol. The molecule has 1 heterocycles. The largest absolute Gasteiger partial charge is 0.508 e. The number of phenolic OH excluding ortho intramolecular Hbond substituents is 2. The fourth-order valence-corrected chi connectivity index (χ4v) is 2.00. The maximum atomic E-state index is 11.8. The number of hydrogen-bond donors (Lipinski definition) is 2. The van der Waals surface area contributed by atoms with Crippen LogP contribution in [0, 0.1) is 0 Å². The highest BCUT2D eigenvalue weighted by atomic mass is 16.5. The van der Waals surface area contributed by atoms with Crippen molar-refractivity contribution in [1.82, 2.24) is 0 Å². The lowest BCUT2D eigenvalue weighted by molar-refractivity contribution is -0.126. The van der Waals surface area contributed by atoms with Crippen LogP contribution in [0.3, 0.4) is 0 Å². The predicted octanol–water partition coefficient (Wildman–Crippen LogP) is 2.56. The molecule has 2 aromatic rings. The summed E-state index contributed by atoms with van der Waals surface area (Å²) in [6.07, 6.45) is 1.62. The molecule has 3 rings (SSSR count). The molecule has 19 heavy (non-hydrogen) atoms. The molecule has 0 spiro atoms. The zero-order valence-electron chi connectivity index (χ0n) is 9.83. The summed E-state index contributed by atoms with van der Waals surface area (Å²) in [5, 5.41) is 18.9. The summed E-state index contributed by atoms with van der Waals surface area (Å²) in [6, 6.07) is 11.0. The van der Waals surface area contributed by atoms with Gasteiger partial charge in [0.15, 0.2) is 0 Å². The molecule has 2 N–H and O–H groups in total. The first-order chi connectivity index (χ1) is 9.13. The molecule has 2 aromatic carbocycles. The van der Waals surface area contributed by atoms with Gasteiger partial charge in [-0.2, -0.15) is 0 Å². The molecule has 0 saturated carbocycles. The van der Waals surface area contributed by atoms with Gasteiger partial charge < -0.3 is 14.9 Å². The highest BCUT2D eigenvalue weighted by Crippen LogP contribution is 2.37. The molecule has 0 fully saturated rings. The van der Waals surface area contributed by atoms with Crippen molar-refractivity contribution in [1.29, 1.82) is 0 Å². The van der Waals surface area contributed by atoms with Crippen molar-refractivity contribution in [2.45, 2.75) is 0 Å². The first kappa shape index (κ1) is 11.3. The third-order valence-electron chi connectivity index (χ3n) is 2.86. The number of rotatable bonds is 1. The van der Waals surface area contributed by atoms with E-state index in [0.29, 0.717) is 22.4 Å².